The summed E-state index contributed by atoms with van der Waals surface area (Å²) in [5.74, 6) is 1.64. The van der Waals surface area contributed by atoms with E-state index >= 15 is 0 Å². The summed E-state index contributed by atoms with van der Waals surface area (Å²) in [5.41, 5.74) is 0.492. The number of aliphatic hydroxyl groups excluding tert-OH is 1. The predicted octanol–water partition coefficient (Wildman–Crippen LogP) is 2.37. The highest BCUT2D eigenvalue weighted by Gasteiger charge is 2.14. The molecule has 0 aliphatic rings. The van der Waals surface area contributed by atoms with Crippen LogP contribution in [0, 0.1) is 11.3 Å². The van der Waals surface area contributed by atoms with Gasteiger partial charge in [0.15, 0.2) is 0 Å². The van der Waals surface area contributed by atoms with E-state index in [0.29, 0.717) is 23.9 Å². The van der Waals surface area contributed by atoms with Crippen LogP contribution in [0.3, 0.4) is 0 Å². The third kappa shape index (κ3) is 6.38. The number of ether oxygens (including phenoxy) is 1. The molecule has 116 valence electrons. The second-order valence-corrected chi connectivity index (χ2v) is 6.13. The molecule has 0 amide bonds. The highest BCUT2D eigenvalue weighted by Crippen LogP contribution is 2.16. The van der Waals surface area contributed by atoms with Gasteiger partial charge in [-0.05, 0) is 44.5 Å². The second kappa shape index (κ2) is 9.67. The van der Waals surface area contributed by atoms with Crippen LogP contribution < -0.4 is 4.74 Å². The largest absolute Gasteiger partial charge is 0.489 e. The van der Waals surface area contributed by atoms with Gasteiger partial charge in [0.25, 0.3) is 0 Å². The molecule has 0 aliphatic heterocycles. The molecule has 0 aromatic heterocycles. The highest BCUT2D eigenvalue weighted by molar-refractivity contribution is 7.98. The van der Waals surface area contributed by atoms with Crippen molar-refractivity contribution in [3.63, 3.8) is 0 Å². The number of aliphatic hydroxyl groups is 1. The van der Waals surface area contributed by atoms with Crippen molar-refractivity contribution in [1.82, 2.24) is 4.90 Å². The fourth-order valence-corrected chi connectivity index (χ4v) is 2.52. The monoisotopic (exact) mass is 308 g/mol. The molecular weight excluding hydrogens is 284 g/mol. The minimum atomic E-state index is -0.571. The standard InChI is InChI=1S/C16H24N2O2S/c1-13(8-9-21-3)18(2)11-15(19)12-20-16-7-5-4-6-14(16)10-17/h4-7,13,15,19H,8-9,11-12H2,1-3H3. The predicted molar refractivity (Wildman–Crippen MR) is 87.7 cm³/mol. The zero-order valence-electron chi connectivity index (χ0n) is 13.0. The van der Waals surface area contributed by atoms with Crippen molar-refractivity contribution in [3.05, 3.63) is 29.8 Å². The van der Waals surface area contributed by atoms with E-state index in [4.69, 9.17) is 10.00 Å². The normalized spacial score (nSPS) is 13.7. The van der Waals surface area contributed by atoms with Crippen molar-refractivity contribution in [2.45, 2.75) is 25.5 Å². The summed E-state index contributed by atoms with van der Waals surface area (Å²) in [5, 5.41) is 19.0. The van der Waals surface area contributed by atoms with E-state index in [1.165, 1.54) is 0 Å². The summed E-state index contributed by atoms with van der Waals surface area (Å²) in [6.07, 6.45) is 2.63. The zero-order valence-corrected chi connectivity index (χ0v) is 13.8. The minimum Gasteiger partial charge on any atom is -0.489 e. The van der Waals surface area contributed by atoms with Gasteiger partial charge in [-0.3, -0.25) is 0 Å². The maximum Gasteiger partial charge on any atom is 0.137 e. The molecule has 1 aromatic carbocycles. The summed E-state index contributed by atoms with van der Waals surface area (Å²) >= 11 is 1.83. The summed E-state index contributed by atoms with van der Waals surface area (Å²) in [6.45, 7) is 2.91. The molecule has 4 nitrogen and oxygen atoms in total. The van der Waals surface area contributed by atoms with Crippen LogP contribution in [0.4, 0.5) is 0 Å². The quantitative estimate of drug-likeness (QED) is 0.759. The first kappa shape index (κ1) is 17.8. The van der Waals surface area contributed by atoms with E-state index in [1.807, 2.05) is 24.9 Å². The zero-order chi connectivity index (χ0) is 15.7. The lowest BCUT2D eigenvalue weighted by Crippen LogP contribution is -2.38. The number of para-hydroxylation sites is 1. The number of benzene rings is 1. The average Bonchev–Trinajstić information content (AvgIpc) is 2.50. The maximum absolute atomic E-state index is 10.1. The van der Waals surface area contributed by atoms with Crippen LogP contribution >= 0.6 is 11.8 Å². The Morgan fingerprint density at radius 3 is 2.81 bits per heavy atom. The van der Waals surface area contributed by atoms with Crippen LogP contribution in [0.25, 0.3) is 0 Å². The fraction of sp³-hybridized carbons (Fsp3) is 0.562. The molecule has 0 aliphatic carbocycles. The first-order valence-corrected chi connectivity index (χ1v) is 8.47. The fourth-order valence-electron chi connectivity index (χ4n) is 1.94. The van der Waals surface area contributed by atoms with Gasteiger partial charge in [0.2, 0.25) is 0 Å². The number of thioether (sulfide) groups is 1. The van der Waals surface area contributed by atoms with Gasteiger partial charge in [-0.15, -0.1) is 0 Å². The molecule has 21 heavy (non-hydrogen) atoms. The Morgan fingerprint density at radius 2 is 2.14 bits per heavy atom. The lowest BCUT2D eigenvalue weighted by Gasteiger charge is -2.26. The number of nitrogens with zero attached hydrogens (tertiary/aromatic N) is 2. The van der Waals surface area contributed by atoms with Gasteiger partial charge < -0.3 is 14.7 Å². The molecular formula is C16H24N2O2S. The van der Waals surface area contributed by atoms with E-state index in [0.717, 1.165) is 12.2 Å². The van der Waals surface area contributed by atoms with Crippen LogP contribution in [0.15, 0.2) is 24.3 Å². The summed E-state index contributed by atoms with van der Waals surface area (Å²) in [7, 11) is 2.01. The lowest BCUT2D eigenvalue weighted by atomic mass is 10.2. The molecule has 0 fully saturated rings. The van der Waals surface area contributed by atoms with Crippen LogP contribution in [0.5, 0.6) is 5.75 Å². The van der Waals surface area contributed by atoms with Gasteiger partial charge in [0.1, 0.15) is 24.5 Å². The smallest absolute Gasteiger partial charge is 0.137 e. The van der Waals surface area contributed by atoms with E-state index < -0.39 is 6.10 Å². The Morgan fingerprint density at radius 1 is 1.43 bits per heavy atom. The Kier molecular flexibility index (Phi) is 8.21. The van der Waals surface area contributed by atoms with Crippen molar-refractivity contribution in [2.75, 3.05) is 32.2 Å². The first-order valence-electron chi connectivity index (χ1n) is 7.07. The third-order valence-corrected chi connectivity index (χ3v) is 4.07. The van der Waals surface area contributed by atoms with Gasteiger partial charge in [0.05, 0.1) is 5.56 Å². The van der Waals surface area contributed by atoms with E-state index in [9.17, 15) is 5.11 Å². The highest BCUT2D eigenvalue weighted by atomic mass is 32.2. The Labute approximate surface area is 131 Å². The van der Waals surface area contributed by atoms with Gasteiger partial charge in [-0.1, -0.05) is 12.1 Å². The maximum atomic E-state index is 10.1. The number of rotatable bonds is 9. The van der Waals surface area contributed by atoms with Crippen molar-refractivity contribution in [1.29, 1.82) is 5.26 Å². The molecule has 1 N–H and O–H groups in total. The second-order valence-electron chi connectivity index (χ2n) is 5.14. The van der Waals surface area contributed by atoms with E-state index in [-0.39, 0.29) is 6.61 Å². The molecule has 0 heterocycles. The molecule has 1 aromatic rings. The van der Waals surface area contributed by atoms with Gasteiger partial charge in [0, 0.05) is 12.6 Å². The van der Waals surface area contributed by atoms with Crippen molar-refractivity contribution >= 4 is 11.8 Å². The molecule has 1 rings (SSSR count). The van der Waals surface area contributed by atoms with Crippen molar-refractivity contribution in [3.8, 4) is 11.8 Å². The number of nitriles is 1. The Bertz CT molecular complexity index is 462. The van der Waals surface area contributed by atoms with Crippen LogP contribution in [0.2, 0.25) is 0 Å². The van der Waals surface area contributed by atoms with E-state index in [2.05, 4.69) is 24.1 Å². The molecule has 0 spiro atoms. The molecule has 5 heteroatoms. The molecule has 2 atom stereocenters. The van der Waals surface area contributed by atoms with Gasteiger partial charge >= 0.3 is 0 Å². The minimum absolute atomic E-state index is 0.193. The molecule has 0 saturated heterocycles. The topological polar surface area (TPSA) is 56.5 Å². The Balaban J connectivity index is 2.40. The molecule has 0 bridgehead atoms. The summed E-state index contributed by atoms with van der Waals surface area (Å²) < 4.78 is 5.55. The Hall–Kier alpha value is -1.22. The summed E-state index contributed by atoms with van der Waals surface area (Å²) in [6, 6.07) is 9.58. The lowest BCUT2D eigenvalue weighted by molar-refractivity contribution is 0.0650. The van der Waals surface area contributed by atoms with E-state index in [1.54, 1.807) is 18.2 Å². The SMILES string of the molecule is CSCCC(C)N(C)CC(O)COc1ccccc1C#N. The third-order valence-electron chi connectivity index (χ3n) is 3.43. The first-order chi connectivity index (χ1) is 10.1. The average molecular weight is 308 g/mol. The number of likely N-dealkylation sites (N-methyl/N-ethyl adjacent to an activating group) is 1. The molecule has 2 unspecified atom stereocenters. The van der Waals surface area contributed by atoms with Gasteiger partial charge in [-0.25, -0.2) is 0 Å². The van der Waals surface area contributed by atoms with Crippen molar-refractivity contribution < 1.29 is 9.84 Å². The summed E-state index contributed by atoms with van der Waals surface area (Å²) in [4.78, 5) is 2.14. The number of hydrogen-bond acceptors (Lipinski definition) is 5. The van der Waals surface area contributed by atoms with Crippen LogP contribution in [0.1, 0.15) is 18.9 Å². The van der Waals surface area contributed by atoms with Crippen molar-refractivity contribution in [2.24, 2.45) is 0 Å². The van der Waals surface area contributed by atoms with Gasteiger partial charge in [-0.2, -0.15) is 17.0 Å². The van der Waals surface area contributed by atoms with Crippen LogP contribution in [-0.2, 0) is 0 Å². The van der Waals surface area contributed by atoms with Crippen LogP contribution in [-0.4, -0.2) is 54.4 Å². The molecule has 0 radical (unpaired) electrons. The molecule has 0 saturated carbocycles. The number of hydrogen-bond donors (Lipinski definition) is 1.